The molecule has 2 aromatic heterocycles. The van der Waals surface area contributed by atoms with Crippen molar-refractivity contribution in [3.63, 3.8) is 0 Å². The summed E-state index contributed by atoms with van der Waals surface area (Å²) in [6.07, 6.45) is 3.22. The summed E-state index contributed by atoms with van der Waals surface area (Å²) in [6, 6.07) is 3.39. The van der Waals surface area contributed by atoms with Crippen LogP contribution in [-0.2, 0) is 4.79 Å². The highest BCUT2D eigenvalue weighted by molar-refractivity contribution is 5.55. The largest absolute Gasteiger partial charge is 0.240 e. The van der Waals surface area contributed by atoms with Crippen molar-refractivity contribution in [3.05, 3.63) is 24.2 Å². The maximum Gasteiger partial charge on any atom is 0.240 e. The highest BCUT2D eigenvalue weighted by atomic mass is 16.1. The van der Waals surface area contributed by atoms with E-state index in [2.05, 4.69) is 15.1 Å². The third kappa shape index (κ3) is 1.78. The molecule has 0 radical (unpaired) electrons. The number of isocyanates is 1. The molecule has 0 aliphatic carbocycles. The molecular weight excluding hydrogens is 192 g/mol. The summed E-state index contributed by atoms with van der Waals surface area (Å²) in [6.45, 7) is 4.05. The zero-order chi connectivity index (χ0) is 10.8. The zero-order valence-corrected chi connectivity index (χ0v) is 8.51. The van der Waals surface area contributed by atoms with E-state index in [1.165, 1.54) is 6.08 Å². The molecule has 2 aromatic rings. The molecule has 0 spiro atoms. The van der Waals surface area contributed by atoms with Crippen molar-refractivity contribution in [2.45, 2.75) is 19.8 Å². The van der Waals surface area contributed by atoms with Gasteiger partial charge in [0, 0.05) is 18.2 Å². The number of fused-ring (bicyclic) bond motifs is 1. The van der Waals surface area contributed by atoms with E-state index in [0.717, 1.165) is 5.82 Å². The number of pyridine rings is 1. The summed E-state index contributed by atoms with van der Waals surface area (Å²) in [5.41, 5.74) is 1.23. The van der Waals surface area contributed by atoms with Gasteiger partial charge < -0.3 is 0 Å². The summed E-state index contributed by atoms with van der Waals surface area (Å²) >= 11 is 0. The van der Waals surface area contributed by atoms with Crippen LogP contribution in [0.4, 0.5) is 5.69 Å². The number of nitrogens with zero attached hydrogens (tertiary/aromatic N) is 4. The van der Waals surface area contributed by atoms with Crippen LogP contribution in [0.2, 0.25) is 0 Å². The van der Waals surface area contributed by atoms with Crippen molar-refractivity contribution in [1.82, 2.24) is 14.6 Å². The van der Waals surface area contributed by atoms with Gasteiger partial charge in [-0.2, -0.15) is 10.1 Å². The number of rotatable bonds is 2. The lowest BCUT2D eigenvalue weighted by molar-refractivity contribution is 0.565. The maximum atomic E-state index is 10.1. The van der Waals surface area contributed by atoms with Gasteiger partial charge in [0.1, 0.15) is 0 Å². The molecule has 2 rings (SSSR count). The first-order valence-corrected chi connectivity index (χ1v) is 4.65. The second kappa shape index (κ2) is 3.63. The normalized spacial score (nSPS) is 10.6. The molecule has 15 heavy (non-hydrogen) atoms. The Morgan fingerprint density at radius 1 is 1.53 bits per heavy atom. The number of hydrogen-bond donors (Lipinski definition) is 0. The molecule has 0 saturated heterocycles. The summed E-state index contributed by atoms with van der Waals surface area (Å²) < 4.78 is 1.67. The van der Waals surface area contributed by atoms with Gasteiger partial charge in [-0.1, -0.05) is 13.8 Å². The molecule has 76 valence electrons. The minimum Gasteiger partial charge on any atom is -0.221 e. The average molecular weight is 202 g/mol. The van der Waals surface area contributed by atoms with Gasteiger partial charge in [0.15, 0.2) is 11.5 Å². The van der Waals surface area contributed by atoms with Gasteiger partial charge in [-0.05, 0) is 6.07 Å². The van der Waals surface area contributed by atoms with Gasteiger partial charge in [-0.3, -0.25) is 0 Å². The topological polar surface area (TPSA) is 59.6 Å². The summed E-state index contributed by atoms with van der Waals surface area (Å²) in [7, 11) is 0. The van der Waals surface area contributed by atoms with Crippen LogP contribution in [0.3, 0.4) is 0 Å². The van der Waals surface area contributed by atoms with E-state index in [-0.39, 0.29) is 5.92 Å². The first-order chi connectivity index (χ1) is 7.20. The van der Waals surface area contributed by atoms with Crippen molar-refractivity contribution in [2.75, 3.05) is 0 Å². The second-order valence-electron chi connectivity index (χ2n) is 3.52. The third-order valence-corrected chi connectivity index (χ3v) is 2.03. The fourth-order valence-corrected chi connectivity index (χ4v) is 1.25. The Balaban J connectivity index is 2.56. The van der Waals surface area contributed by atoms with E-state index in [4.69, 9.17) is 0 Å². The minimum atomic E-state index is 0.280. The predicted molar refractivity (Wildman–Crippen MR) is 54.9 cm³/mol. The quantitative estimate of drug-likeness (QED) is 0.551. The molecular formula is C10H10N4O. The molecule has 0 amide bonds. The molecule has 0 aromatic carbocycles. The molecule has 0 saturated carbocycles. The Morgan fingerprint density at radius 2 is 2.33 bits per heavy atom. The fourth-order valence-electron chi connectivity index (χ4n) is 1.25. The number of aliphatic imine (C=N–C) groups is 1. The Bertz CT molecular complexity index is 537. The van der Waals surface area contributed by atoms with Gasteiger partial charge in [-0.15, -0.1) is 0 Å². The highest BCUT2D eigenvalue weighted by Crippen LogP contribution is 2.15. The molecule has 5 nitrogen and oxygen atoms in total. The number of hydrogen-bond acceptors (Lipinski definition) is 4. The summed E-state index contributed by atoms with van der Waals surface area (Å²) in [4.78, 5) is 17.9. The number of carbonyl (C=O) groups excluding carboxylic acids is 1. The summed E-state index contributed by atoms with van der Waals surface area (Å²) in [5, 5.41) is 4.28. The van der Waals surface area contributed by atoms with Crippen molar-refractivity contribution < 1.29 is 4.79 Å². The lowest BCUT2D eigenvalue weighted by Crippen LogP contribution is -1.90. The molecule has 0 aliphatic rings. The zero-order valence-electron chi connectivity index (χ0n) is 8.51. The van der Waals surface area contributed by atoms with E-state index >= 15 is 0 Å². The molecule has 0 aliphatic heterocycles. The molecule has 0 atom stereocenters. The Kier molecular flexibility index (Phi) is 2.31. The number of aromatic nitrogens is 3. The first-order valence-electron chi connectivity index (χ1n) is 4.65. The third-order valence-electron chi connectivity index (χ3n) is 2.03. The monoisotopic (exact) mass is 202 g/mol. The van der Waals surface area contributed by atoms with Crippen molar-refractivity contribution >= 4 is 17.4 Å². The minimum absolute atomic E-state index is 0.280. The fraction of sp³-hybridized carbons (Fsp3) is 0.300. The molecule has 0 bridgehead atoms. The lowest BCUT2D eigenvalue weighted by atomic mass is 10.2. The van der Waals surface area contributed by atoms with E-state index < -0.39 is 0 Å². The van der Waals surface area contributed by atoms with Crippen LogP contribution in [0.15, 0.2) is 23.3 Å². The predicted octanol–water partition coefficient (Wildman–Crippen LogP) is 1.82. The van der Waals surface area contributed by atoms with Gasteiger partial charge in [0.2, 0.25) is 6.08 Å². The van der Waals surface area contributed by atoms with Crippen LogP contribution in [0.5, 0.6) is 0 Å². The van der Waals surface area contributed by atoms with Crippen LogP contribution < -0.4 is 0 Å². The SMILES string of the molecule is CC(C)c1nc2cc(N=C=O)ccn2n1. The molecule has 0 fully saturated rings. The standard InChI is InChI=1S/C10H10N4O/c1-7(2)10-12-9-5-8(11-6-15)3-4-14(9)13-10/h3-5,7H,1-2H3. The Morgan fingerprint density at radius 3 is 3.00 bits per heavy atom. The second-order valence-corrected chi connectivity index (χ2v) is 3.52. The molecule has 5 heteroatoms. The lowest BCUT2D eigenvalue weighted by Gasteiger charge is -1.92. The molecule has 0 unspecified atom stereocenters. The van der Waals surface area contributed by atoms with Crippen LogP contribution >= 0.6 is 0 Å². The van der Waals surface area contributed by atoms with Crippen molar-refractivity contribution in [3.8, 4) is 0 Å². The van der Waals surface area contributed by atoms with Crippen molar-refractivity contribution in [2.24, 2.45) is 4.99 Å². The van der Waals surface area contributed by atoms with Gasteiger partial charge in [0.05, 0.1) is 5.69 Å². The Hall–Kier alpha value is -2.00. The maximum absolute atomic E-state index is 10.1. The molecule has 2 heterocycles. The summed E-state index contributed by atoms with van der Waals surface area (Å²) in [5.74, 6) is 1.06. The van der Waals surface area contributed by atoms with Crippen LogP contribution in [-0.4, -0.2) is 20.7 Å². The van der Waals surface area contributed by atoms with Gasteiger partial charge in [0.25, 0.3) is 0 Å². The average Bonchev–Trinajstić information content (AvgIpc) is 2.61. The van der Waals surface area contributed by atoms with E-state index in [1.807, 2.05) is 13.8 Å². The Labute approximate surface area is 86.5 Å². The van der Waals surface area contributed by atoms with Crippen LogP contribution in [0, 0.1) is 0 Å². The van der Waals surface area contributed by atoms with E-state index in [1.54, 1.807) is 22.8 Å². The van der Waals surface area contributed by atoms with Gasteiger partial charge in [-0.25, -0.2) is 14.3 Å². The van der Waals surface area contributed by atoms with E-state index in [0.29, 0.717) is 11.3 Å². The smallest absolute Gasteiger partial charge is 0.221 e. The van der Waals surface area contributed by atoms with E-state index in [9.17, 15) is 4.79 Å². The van der Waals surface area contributed by atoms with Crippen LogP contribution in [0.1, 0.15) is 25.6 Å². The molecule has 0 N–H and O–H groups in total. The highest BCUT2D eigenvalue weighted by Gasteiger charge is 2.07. The van der Waals surface area contributed by atoms with Crippen molar-refractivity contribution in [1.29, 1.82) is 0 Å². The first kappa shape index (κ1) is 9.55. The van der Waals surface area contributed by atoms with Gasteiger partial charge >= 0.3 is 0 Å². The van der Waals surface area contributed by atoms with Crippen LogP contribution in [0.25, 0.3) is 5.65 Å².